The Morgan fingerprint density at radius 2 is 1.82 bits per heavy atom. The predicted octanol–water partition coefficient (Wildman–Crippen LogP) is 5.36. The lowest BCUT2D eigenvalue weighted by Gasteiger charge is -2.36. The molecule has 4 nitrogen and oxygen atoms in total. The van der Waals surface area contributed by atoms with E-state index in [-0.39, 0.29) is 11.8 Å². The van der Waals surface area contributed by atoms with E-state index >= 15 is 0 Å². The lowest BCUT2D eigenvalue weighted by Crippen LogP contribution is -2.35. The monoisotopic (exact) mass is 433 g/mol. The molecule has 28 heavy (non-hydrogen) atoms. The van der Waals surface area contributed by atoms with E-state index in [0.29, 0.717) is 12.2 Å². The third kappa shape index (κ3) is 2.73. The van der Waals surface area contributed by atoms with E-state index in [1.165, 1.54) is 0 Å². The van der Waals surface area contributed by atoms with E-state index in [4.69, 9.17) is 5.10 Å². The third-order valence-electron chi connectivity index (χ3n) is 5.68. The Bertz CT molecular complexity index is 1080. The summed E-state index contributed by atoms with van der Waals surface area (Å²) >= 11 is 3.52. The van der Waals surface area contributed by atoms with Crippen LogP contribution in [0.25, 0.3) is 5.69 Å². The lowest BCUT2D eigenvalue weighted by atomic mass is 9.72. The Kier molecular flexibility index (Phi) is 4.20. The highest BCUT2D eigenvalue weighted by Crippen LogP contribution is 2.48. The Morgan fingerprint density at radius 1 is 1.07 bits per heavy atom. The number of nitrogens with one attached hydrogen (secondary N) is 1. The van der Waals surface area contributed by atoms with Crippen LogP contribution in [-0.2, 0) is 4.79 Å². The fourth-order valence-corrected chi connectivity index (χ4v) is 4.70. The molecule has 3 aromatic rings. The molecule has 140 valence electrons. The molecule has 2 atom stereocenters. The van der Waals surface area contributed by atoms with Gasteiger partial charge in [-0.2, -0.15) is 5.10 Å². The molecule has 2 aliphatic rings. The number of ketones is 1. The quantitative estimate of drug-likeness (QED) is 0.591. The highest BCUT2D eigenvalue weighted by Gasteiger charge is 2.42. The van der Waals surface area contributed by atoms with Gasteiger partial charge in [-0.25, -0.2) is 4.68 Å². The van der Waals surface area contributed by atoms with E-state index in [2.05, 4.69) is 51.6 Å². The van der Waals surface area contributed by atoms with Crippen molar-refractivity contribution in [3.05, 3.63) is 87.7 Å². The Labute approximate surface area is 172 Å². The third-order valence-corrected chi connectivity index (χ3v) is 6.21. The number of para-hydroxylation sites is 1. The summed E-state index contributed by atoms with van der Waals surface area (Å²) in [5, 5.41) is 8.40. The molecule has 1 aromatic heterocycles. The summed E-state index contributed by atoms with van der Waals surface area (Å²) in [6, 6.07) is 18.5. The zero-order valence-corrected chi connectivity index (χ0v) is 17.1. The van der Waals surface area contributed by atoms with Crippen molar-refractivity contribution in [3.63, 3.8) is 0 Å². The van der Waals surface area contributed by atoms with Gasteiger partial charge >= 0.3 is 0 Å². The minimum Gasteiger partial charge on any atom is -0.343 e. The summed E-state index contributed by atoms with van der Waals surface area (Å²) < 4.78 is 3.00. The maximum absolute atomic E-state index is 13.0. The number of Topliss-reactive ketones (excluding diaryl/α,β-unsaturated/α-hetero) is 1. The van der Waals surface area contributed by atoms with Crippen LogP contribution >= 0.6 is 15.9 Å². The van der Waals surface area contributed by atoms with Crippen LogP contribution in [0.15, 0.2) is 70.8 Å². The molecule has 0 bridgehead atoms. The molecule has 0 amide bonds. The van der Waals surface area contributed by atoms with Crippen LogP contribution in [0.4, 0.5) is 5.82 Å². The molecule has 0 fully saturated rings. The van der Waals surface area contributed by atoms with Crippen molar-refractivity contribution in [2.45, 2.75) is 25.7 Å². The predicted molar refractivity (Wildman–Crippen MR) is 114 cm³/mol. The first-order valence-corrected chi connectivity index (χ1v) is 10.3. The summed E-state index contributed by atoms with van der Waals surface area (Å²) in [5.74, 6) is 1.07. The van der Waals surface area contributed by atoms with Crippen molar-refractivity contribution < 1.29 is 4.79 Å². The molecule has 0 saturated heterocycles. The summed E-state index contributed by atoms with van der Waals surface area (Å²) in [6.07, 6.45) is 3.57. The molecular weight excluding hydrogens is 414 g/mol. The van der Waals surface area contributed by atoms with E-state index in [0.717, 1.165) is 44.9 Å². The van der Waals surface area contributed by atoms with Crippen LogP contribution in [0.2, 0.25) is 0 Å². The van der Waals surface area contributed by atoms with Crippen LogP contribution in [-0.4, -0.2) is 15.6 Å². The Balaban J connectivity index is 1.75. The second-order valence-electron chi connectivity index (χ2n) is 7.39. The van der Waals surface area contributed by atoms with Crippen molar-refractivity contribution in [1.82, 2.24) is 9.78 Å². The van der Waals surface area contributed by atoms with Crippen LogP contribution in [0.5, 0.6) is 0 Å². The first kappa shape index (κ1) is 17.4. The van der Waals surface area contributed by atoms with Gasteiger partial charge in [-0.15, -0.1) is 0 Å². The minimum atomic E-state index is -0.172. The van der Waals surface area contributed by atoms with Gasteiger partial charge in [-0.1, -0.05) is 52.3 Å². The van der Waals surface area contributed by atoms with Crippen molar-refractivity contribution in [1.29, 1.82) is 0 Å². The first-order chi connectivity index (χ1) is 13.6. The molecule has 0 spiro atoms. The second kappa shape index (κ2) is 6.74. The molecule has 1 N–H and O–H groups in total. The summed E-state index contributed by atoms with van der Waals surface area (Å²) in [7, 11) is 0. The molecule has 5 heteroatoms. The number of allylic oxidation sites excluding steroid dienone is 2. The van der Waals surface area contributed by atoms with Crippen molar-refractivity contribution >= 4 is 27.5 Å². The molecule has 0 radical (unpaired) electrons. The van der Waals surface area contributed by atoms with Gasteiger partial charge in [0.25, 0.3) is 0 Å². The van der Waals surface area contributed by atoms with Gasteiger partial charge in [0.2, 0.25) is 0 Å². The summed E-state index contributed by atoms with van der Waals surface area (Å²) in [4.78, 5) is 13.0. The number of hydrogen-bond acceptors (Lipinski definition) is 3. The fourth-order valence-electron chi connectivity index (χ4n) is 4.44. The largest absolute Gasteiger partial charge is 0.343 e. The Hall–Kier alpha value is -2.66. The SMILES string of the molecule is Cc1nn(-c2ccccc2)c2c1[C@H](c1ccc(Br)cc1)[C@H]1C(=O)CCC=C1N2. The van der Waals surface area contributed by atoms with Crippen molar-refractivity contribution in [2.75, 3.05) is 5.32 Å². The first-order valence-electron chi connectivity index (χ1n) is 9.53. The number of aryl methyl sites for hydroxylation is 1. The van der Waals surface area contributed by atoms with Gasteiger partial charge in [0.15, 0.2) is 0 Å². The average molecular weight is 434 g/mol. The number of anilines is 1. The zero-order chi connectivity index (χ0) is 19.3. The lowest BCUT2D eigenvalue weighted by molar-refractivity contribution is -0.122. The topological polar surface area (TPSA) is 46.9 Å². The zero-order valence-electron chi connectivity index (χ0n) is 15.5. The van der Waals surface area contributed by atoms with Crippen LogP contribution < -0.4 is 5.32 Å². The number of halogens is 1. The summed E-state index contributed by atoms with van der Waals surface area (Å²) in [5.41, 5.74) is 5.23. The Morgan fingerprint density at radius 3 is 2.57 bits per heavy atom. The van der Waals surface area contributed by atoms with Crippen molar-refractivity contribution in [2.24, 2.45) is 5.92 Å². The number of hydrogen-bond donors (Lipinski definition) is 1. The molecule has 2 heterocycles. The number of rotatable bonds is 2. The van der Waals surface area contributed by atoms with Gasteiger partial charge in [0.05, 0.1) is 17.3 Å². The fraction of sp³-hybridized carbons (Fsp3) is 0.217. The minimum absolute atomic E-state index is 0.0270. The highest BCUT2D eigenvalue weighted by molar-refractivity contribution is 9.10. The number of nitrogens with zero attached hydrogens (tertiary/aromatic N) is 2. The molecule has 1 aliphatic heterocycles. The molecule has 2 aromatic carbocycles. The highest BCUT2D eigenvalue weighted by atomic mass is 79.9. The number of benzene rings is 2. The van der Waals surface area contributed by atoms with E-state index in [1.807, 2.05) is 41.9 Å². The molecule has 5 rings (SSSR count). The standard InChI is InChI=1S/C23H20BrN3O/c1-14-20-21(15-10-12-16(24)13-11-15)22-18(8-5-9-19(22)28)25-23(20)27(26-14)17-6-3-2-4-7-17/h2-4,6-8,10-13,21-22,25H,5,9H2,1H3/t21-,22+/m0/s1. The van der Waals surface area contributed by atoms with Gasteiger partial charge in [0, 0.05) is 28.1 Å². The number of carbonyl (C=O) groups excluding carboxylic acids is 1. The number of aromatic nitrogens is 2. The number of carbonyl (C=O) groups is 1. The van der Waals surface area contributed by atoms with Crippen LogP contribution in [0, 0.1) is 12.8 Å². The normalized spacial score (nSPS) is 20.8. The maximum Gasteiger partial charge on any atom is 0.143 e. The van der Waals surface area contributed by atoms with Gasteiger partial charge in [-0.3, -0.25) is 4.79 Å². The van der Waals surface area contributed by atoms with Gasteiger partial charge < -0.3 is 5.32 Å². The second-order valence-corrected chi connectivity index (χ2v) is 8.31. The maximum atomic E-state index is 13.0. The van der Waals surface area contributed by atoms with E-state index < -0.39 is 0 Å². The van der Waals surface area contributed by atoms with Crippen LogP contribution in [0.1, 0.15) is 35.6 Å². The molecular formula is C23H20BrN3O. The van der Waals surface area contributed by atoms with E-state index in [9.17, 15) is 4.79 Å². The van der Waals surface area contributed by atoms with Gasteiger partial charge in [0.1, 0.15) is 11.6 Å². The van der Waals surface area contributed by atoms with Crippen LogP contribution in [0.3, 0.4) is 0 Å². The van der Waals surface area contributed by atoms with Gasteiger partial charge in [-0.05, 0) is 43.2 Å². The molecule has 1 aliphatic carbocycles. The number of fused-ring (bicyclic) bond motifs is 2. The molecule has 0 unspecified atom stereocenters. The molecule has 0 saturated carbocycles. The summed E-state index contributed by atoms with van der Waals surface area (Å²) in [6.45, 7) is 2.04. The van der Waals surface area contributed by atoms with Crippen molar-refractivity contribution in [3.8, 4) is 5.69 Å². The average Bonchev–Trinajstić information content (AvgIpc) is 3.04. The van der Waals surface area contributed by atoms with E-state index in [1.54, 1.807) is 0 Å². The smallest absolute Gasteiger partial charge is 0.143 e.